The fourth-order valence-corrected chi connectivity index (χ4v) is 14.5. The van der Waals surface area contributed by atoms with Crippen molar-refractivity contribution in [2.75, 3.05) is 4.90 Å². The minimum atomic E-state index is -0.395. The van der Waals surface area contributed by atoms with Crippen LogP contribution in [0.25, 0.3) is 99.0 Å². The van der Waals surface area contributed by atoms with Crippen LogP contribution in [0.4, 0.5) is 17.3 Å². The summed E-state index contributed by atoms with van der Waals surface area (Å²) in [4.78, 5) is 19.9. The lowest BCUT2D eigenvalue weighted by Crippen LogP contribution is -2.32. The molecule has 0 fully saturated rings. The van der Waals surface area contributed by atoms with Crippen molar-refractivity contribution in [1.29, 1.82) is 0 Å². The van der Waals surface area contributed by atoms with Crippen molar-refractivity contribution >= 4 is 93.3 Å². The highest BCUT2D eigenvalue weighted by Crippen LogP contribution is 2.58. The molecule has 0 amide bonds. The van der Waals surface area contributed by atoms with E-state index in [1.54, 1.807) is 0 Å². The van der Waals surface area contributed by atoms with Crippen LogP contribution in [-0.4, -0.2) is 24.1 Å². The Morgan fingerprint density at radius 1 is 0.282 bits per heavy atom. The molecule has 0 bridgehead atoms. The average Bonchev–Trinajstić information content (AvgIpc) is 1.71. The zero-order chi connectivity index (χ0) is 59.4. The molecular formula is C79H76N6. The molecule has 1 aliphatic carbocycles. The van der Waals surface area contributed by atoms with Crippen molar-refractivity contribution in [3.63, 3.8) is 0 Å². The number of aromatic nitrogens is 5. The predicted octanol–water partition coefficient (Wildman–Crippen LogP) is 21.1. The van der Waals surface area contributed by atoms with Crippen molar-refractivity contribution in [3.8, 4) is 23.0 Å². The van der Waals surface area contributed by atoms with Crippen LogP contribution in [0.3, 0.4) is 0 Å². The fourth-order valence-electron chi connectivity index (χ4n) is 14.5. The van der Waals surface area contributed by atoms with E-state index in [9.17, 15) is 0 Å². The summed E-state index contributed by atoms with van der Waals surface area (Å²) in [6.45, 7) is 37.2. The average molecular weight is 1110 g/mol. The quantitative estimate of drug-likeness (QED) is 0.165. The summed E-state index contributed by atoms with van der Waals surface area (Å²) in [5.41, 5.74) is 18.1. The normalized spacial score (nSPS) is 15.0. The van der Waals surface area contributed by atoms with Crippen LogP contribution in [0.1, 0.15) is 155 Å². The van der Waals surface area contributed by atoms with E-state index in [1.807, 2.05) is 0 Å². The molecule has 0 N–H and O–H groups in total. The first-order valence-corrected chi connectivity index (χ1v) is 30.6. The van der Waals surface area contributed by atoms with E-state index in [4.69, 9.17) is 15.0 Å². The molecule has 85 heavy (non-hydrogen) atoms. The third kappa shape index (κ3) is 7.78. The van der Waals surface area contributed by atoms with Gasteiger partial charge in [-0.15, -0.1) is 0 Å². The predicted molar refractivity (Wildman–Crippen MR) is 360 cm³/mol. The number of nitrogens with zero attached hydrogens (tertiary/aromatic N) is 6. The van der Waals surface area contributed by atoms with Gasteiger partial charge in [0.15, 0.2) is 0 Å². The van der Waals surface area contributed by atoms with Crippen LogP contribution in [0.5, 0.6) is 0 Å². The summed E-state index contributed by atoms with van der Waals surface area (Å²) in [6, 6.07) is 64.9. The Morgan fingerprint density at radius 2 is 0.624 bits per heavy atom. The van der Waals surface area contributed by atoms with Gasteiger partial charge in [0.1, 0.15) is 0 Å². The van der Waals surface area contributed by atoms with Gasteiger partial charge >= 0.3 is 0 Å². The largest absolute Gasteiger partial charge is 0.278 e. The maximum Gasteiger partial charge on any atom is 0.241 e. The summed E-state index contributed by atoms with van der Waals surface area (Å²) < 4.78 is 4.62. The lowest BCUT2D eigenvalue weighted by atomic mass is 9.72. The molecule has 0 saturated heterocycles. The van der Waals surface area contributed by atoms with E-state index in [-0.39, 0.29) is 27.1 Å². The van der Waals surface area contributed by atoms with Gasteiger partial charge in [0, 0.05) is 32.4 Å². The Hall–Kier alpha value is -8.61. The Bertz CT molecular complexity index is 4740. The fraction of sp³-hybridized carbons (Fsp3) is 0.278. The Kier molecular flexibility index (Phi) is 10.9. The monoisotopic (exact) mass is 1110 g/mol. The van der Waals surface area contributed by atoms with Crippen LogP contribution in [0.15, 0.2) is 170 Å². The molecule has 13 aromatic rings. The molecule has 0 atom stereocenters. The SMILES string of the molecule is CC(C)(C)c1ccc2c(c1)c1cc(C(C)(C)C)ccc1n2-c1nc(N2c3ccccc3C(C)(C)c3cc4c(cc32)C(C)(C)c2cc3c5ccccc5c5ccccc5c3cc2-4)nc(-n2c3ccc(C(C)(C)C)cc3c3cc(C(C)(C)C)ccc32)n1. The van der Waals surface area contributed by atoms with E-state index < -0.39 is 5.41 Å². The number of rotatable bonds is 3. The molecule has 2 aliphatic rings. The van der Waals surface area contributed by atoms with Gasteiger partial charge in [-0.3, -0.25) is 14.0 Å². The third-order valence-electron chi connectivity index (χ3n) is 19.6. The minimum Gasteiger partial charge on any atom is -0.278 e. The standard InChI is InChI=1S/C79H76N6/c1-74(2,3)45-29-33-65-57(37-45)58-38-46(75(4,5)6)30-34-66(58)83(65)71-80-72(84-67-35-31-47(76(7,8)9)39-59(67)60-40-48(77(10,11)12)32-36-68(60)84)82-73(81-71)85-69-28-22-21-27-61(69)78(13,14)64-43-56-55-41-53-51-25-19-17-23-49(51)50-24-18-20-26-52(50)54(53)42-62(55)79(15,16)63(56)44-70(64)85/h17-44H,1-16H3. The second-order valence-electron chi connectivity index (χ2n) is 29.9. The van der Waals surface area contributed by atoms with Crippen LogP contribution in [-0.2, 0) is 32.5 Å². The maximum atomic E-state index is 5.87. The van der Waals surface area contributed by atoms with Crippen molar-refractivity contribution in [3.05, 3.63) is 214 Å². The smallest absolute Gasteiger partial charge is 0.241 e. The number of fused-ring (bicyclic) bond motifs is 17. The van der Waals surface area contributed by atoms with E-state index in [1.165, 1.54) is 109 Å². The lowest BCUT2D eigenvalue weighted by Gasteiger charge is -2.41. The second-order valence-corrected chi connectivity index (χ2v) is 29.9. The zero-order valence-corrected chi connectivity index (χ0v) is 52.3. The van der Waals surface area contributed by atoms with Gasteiger partial charge in [-0.2, -0.15) is 15.0 Å². The molecule has 4 heterocycles. The topological polar surface area (TPSA) is 51.8 Å². The molecule has 3 aromatic heterocycles. The number of benzene rings is 10. The number of hydrogen-bond donors (Lipinski definition) is 0. The first-order chi connectivity index (χ1) is 40.2. The van der Waals surface area contributed by atoms with Gasteiger partial charge in [0.25, 0.3) is 0 Å². The second kappa shape index (κ2) is 17.5. The highest BCUT2D eigenvalue weighted by molar-refractivity contribution is 6.26. The molecular weight excluding hydrogens is 1030 g/mol. The summed E-state index contributed by atoms with van der Waals surface area (Å²) in [6.07, 6.45) is 0. The number of anilines is 3. The van der Waals surface area contributed by atoms with Gasteiger partial charge in [0.05, 0.1) is 33.4 Å². The van der Waals surface area contributed by atoms with E-state index >= 15 is 0 Å². The first kappa shape index (κ1) is 53.1. The molecule has 15 rings (SSSR count). The van der Waals surface area contributed by atoms with Gasteiger partial charge in [-0.05, 0) is 188 Å². The van der Waals surface area contributed by atoms with E-state index in [0.29, 0.717) is 17.8 Å². The summed E-state index contributed by atoms with van der Waals surface area (Å²) in [5, 5.41) is 12.4. The molecule has 10 aromatic carbocycles. The molecule has 6 heteroatoms. The van der Waals surface area contributed by atoms with Gasteiger partial charge < -0.3 is 0 Å². The third-order valence-corrected chi connectivity index (χ3v) is 19.6. The molecule has 0 unspecified atom stereocenters. The van der Waals surface area contributed by atoms with Crippen LogP contribution in [0, 0.1) is 0 Å². The Balaban J connectivity index is 1.05. The maximum absolute atomic E-state index is 5.87. The van der Waals surface area contributed by atoms with Crippen LogP contribution in [0.2, 0.25) is 0 Å². The molecule has 6 nitrogen and oxygen atoms in total. The van der Waals surface area contributed by atoms with Gasteiger partial charge in [-0.1, -0.05) is 202 Å². The van der Waals surface area contributed by atoms with E-state index in [0.717, 1.165) is 33.4 Å². The van der Waals surface area contributed by atoms with Crippen molar-refractivity contribution < 1.29 is 0 Å². The summed E-state index contributed by atoms with van der Waals surface area (Å²) >= 11 is 0. The first-order valence-electron chi connectivity index (χ1n) is 30.6. The Labute approximate surface area is 500 Å². The van der Waals surface area contributed by atoms with Gasteiger partial charge in [-0.25, -0.2) is 0 Å². The van der Waals surface area contributed by atoms with Crippen molar-refractivity contribution in [2.24, 2.45) is 0 Å². The Morgan fingerprint density at radius 3 is 1.05 bits per heavy atom. The molecule has 1 aliphatic heterocycles. The lowest BCUT2D eigenvalue weighted by molar-refractivity contribution is 0.590. The van der Waals surface area contributed by atoms with Crippen LogP contribution < -0.4 is 4.90 Å². The molecule has 422 valence electrons. The summed E-state index contributed by atoms with van der Waals surface area (Å²) in [5.74, 6) is 1.67. The number of hydrogen-bond acceptors (Lipinski definition) is 4. The molecule has 0 radical (unpaired) electrons. The van der Waals surface area contributed by atoms with Crippen molar-refractivity contribution in [2.45, 2.75) is 143 Å². The van der Waals surface area contributed by atoms with Gasteiger partial charge in [0.2, 0.25) is 17.8 Å². The zero-order valence-electron chi connectivity index (χ0n) is 52.3. The van der Waals surface area contributed by atoms with Crippen LogP contribution >= 0.6 is 0 Å². The molecule has 0 spiro atoms. The van der Waals surface area contributed by atoms with Crippen molar-refractivity contribution in [1.82, 2.24) is 24.1 Å². The minimum absolute atomic E-state index is 0.0663. The molecule has 0 saturated carbocycles. The highest BCUT2D eigenvalue weighted by Gasteiger charge is 2.44. The number of para-hydroxylation sites is 1. The summed E-state index contributed by atoms with van der Waals surface area (Å²) in [7, 11) is 0. The highest BCUT2D eigenvalue weighted by atomic mass is 15.4. The van der Waals surface area contributed by atoms with E-state index in [2.05, 4.69) is 295 Å².